The predicted octanol–water partition coefficient (Wildman–Crippen LogP) is 2.93. The monoisotopic (exact) mass is 369 g/mol. The molecule has 25 heavy (non-hydrogen) atoms. The third-order valence-electron chi connectivity index (χ3n) is 5.05. The number of rotatable bonds is 5. The molecule has 3 atom stereocenters. The summed E-state index contributed by atoms with van der Waals surface area (Å²) in [6, 6.07) is 0. The Morgan fingerprint density at radius 1 is 1.28 bits per heavy atom. The highest BCUT2D eigenvalue weighted by molar-refractivity contribution is 8.04. The van der Waals surface area contributed by atoms with Crippen LogP contribution in [0, 0.1) is 17.3 Å². The lowest BCUT2D eigenvalue weighted by Gasteiger charge is -2.34. The Morgan fingerprint density at radius 3 is 2.52 bits per heavy atom. The van der Waals surface area contributed by atoms with Gasteiger partial charge < -0.3 is 15.2 Å². The van der Waals surface area contributed by atoms with Gasteiger partial charge in [-0.05, 0) is 41.1 Å². The summed E-state index contributed by atoms with van der Waals surface area (Å²) < 4.78 is 4.96. The highest BCUT2D eigenvalue weighted by atomic mass is 32.2. The van der Waals surface area contributed by atoms with E-state index < -0.39 is 17.3 Å². The van der Waals surface area contributed by atoms with Crippen LogP contribution in [0.4, 0.5) is 0 Å². The summed E-state index contributed by atoms with van der Waals surface area (Å²) >= 11 is 1.53. The average molecular weight is 369 g/mol. The van der Waals surface area contributed by atoms with Gasteiger partial charge in [-0.1, -0.05) is 20.8 Å². The van der Waals surface area contributed by atoms with Crippen LogP contribution in [-0.2, 0) is 19.1 Å². The second-order valence-corrected chi connectivity index (χ2v) is 8.99. The third-order valence-corrected chi connectivity index (χ3v) is 6.41. The van der Waals surface area contributed by atoms with Gasteiger partial charge in [0.15, 0.2) is 0 Å². The van der Waals surface area contributed by atoms with Crippen molar-refractivity contribution in [3.63, 3.8) is 0 Å². The van der Waals surface area contributed by atoms with Crippen molar-refractivity contribution >= 4 is 29.6 Å². The van der Waals surface area contributed by atoms with Crippen LogP contribution >= 0.6 is 11.8 Å². The number of carbonyl (C=O) groups is 3. The Labute approximate surface area is 152 Å². The van der Waals surface area contributed by atoms with Gasteiger partial charge >= 0.3 is 11.9 Å². The number of hydrogen-bond acceptors (Lipinski definition) is 5. The second-order valence-electron chi connectivity index (χ2n) is 7.75. The van der Waals surface area contributed by atoms with E-state index in [1.165, 1.54) is 23.8 Å². The fourth-order valence-corrected chi connectivity index (χ4v) is 5.07. The standard InChI is InChI=1S/C18H27NO5S/c1-18(2,3)10-5-6-11-12(9-10)25-16(15(11)17(23)24-4)19-13(20)7-8-14(21)22/h10,15-16H,5-9H2,1-4H3,(H,19,20)(H,21,22). The summed E-state index contributed by atoms with van der Waals surface area (Å²) in [6.07, 6.45) is 2.47. The normalized spacial score (nSPS) is 26.2. The maximum Gasteiger partial charge on any atom is 0.315 e. The van der Waals surface area contributed by atoms with Gasteiger partial charge in [0.1, 0.15) is 5.92 Å². The van der Waals surface area contributed by atoms with Crippen molar-refractivity contribution in [3.8, 4) is 0 Å². The van der Waals surface area contributed by atoms with Gasteiger partial charge in [0, 0.05) is 6.42 Å². The molecule has 2 aliphatic rings. The SMILES string of the molecule is COC(=O)C1C2=C(CC(C(C)(C)C)CC2)SC1NC(=O)CCC(=O)O. The third kappa shape index (κ3) is 4.77. The smallest absolute Gasteiger partial charge is 0.315 e. The topological polar surface area (TPSA) is 92.7 Å². The van der Waals surface area contributed by atoms with Gasteiger partial charge in [-0.15, -0.1) is 11.8 Å². The molecule has 0 fully saturated rings. The van der Waals surface area contributed by atoms with E-state index >= 15 is 0 Å². The fourth-order valence-electron chi connectivity index (χ4n) is 3.48. The summed E-state index contributed by atoms with van der Waals surface area (Å²) in [4.78, 5) is 36.1. The summed E-state index contributed by atoms with van der Waals surface area (Å²) in [7, 11) is 1.36. The minimum absolute atomic E-state index is 0.0877. The van der Waals surface area contributed by atoms with E-state index in [1.807, 2.05) is 0 Å². The molecule has 1 aliphatic heterocycles. The highest BCUT2D eigenvalue weighted by Gasteiger charge is 2.45. The van der Waals surface area contributed by atoms with Gasteiger partial charge in [-0.3, -0.25) is 14.4 Å². The van der Waals surface area contributed by atoms with Crippen LogP contribution in [0.3, 0.4) is 0 Å². The highest BCUT2D eigenvalue weighted by Crippen LogP contribution is 2.52. The number of hydrogen-bond donors (Lipinski definition) is 2. The molecule has 0 spiro atoms. The van der Waals surface area contributed by atoms with Gasteiger partial charge in [0.2, 0.25) is 5.91 Å². The molecule has 140 valence electrons. The maximum absolute atomic E-state index is 12.3. The minimum Gasteiger partial charge on any atom is -0.481 e. The minimum atomic E-state index is -1.01. The first-order chi connectivity index (χ1) is 11.6. The van der Waals surface area contributed by atoms with Crippen LogP contribution in [0.1, 0.15) is 52.9 Å². The van der Waals surface area contributed by atoms with E-state index in [9.17, 15) is 14.4 Å². The van der Waals surface area contributed by atoms with Crippen LogP contribution in [0.15, 0.2) is 10.5 Å². The van der Waals surface area contributed by atoms with Crippen LogP contribution in [0.25, 0.3) is 0 Å². The van der Waals surface area contributed by atoms with E-state index in [-0.39, 0.29) is 30.1 Å². The molecule has 0 aromatic rings. The molecule has 0 radical (unpaired) electrons. The zero-order chi connectivity index (χ0) is 18.8. The van der Waals surface area contributed by atoms with Gasteiger partial charge in [-0.2, -0.15) is 0 Å². The lowest BCUT2D eigenvalue weighted by Crippen LogP contribution is -2.40. The Hall–Kier alpha value is -1.50. The van der Waals surface area contributed by atoms with Crippen molar-refractivity contribution in [2.75, 3.05) is 7.11 Å². The molecule has 1 amide bonds. The van der Waals surface area contributed by atoms with E-state index in [1.54, 1.807) is 0 Å². The number of esters is 1. The zero-order valence-electron chi connectivity index (χ0n) is 15.3. The summed E-state index contributed by atoms with van der Waals surface area (Å²) in [6.45, 7) is 6.68. The van der Waals surface area contributed by atoms with Crippen molar-refractivity contribution in [1.29, 1.82) is 0 Å². The molecule has 1 heterocycles. The number of methoxy groups -OCH3 is 1. The van der Waals surface area contributed by atoms with Crippen molar-refractivity contribution < 1.29 is 24.2 Å². The lowest BCUT2D eigenvalue weighted by molar-refractivity contribution is -0.144. The summed E-state index contributed by atoms with van der Waals surface area (Å²) in [5.41, 5.74) is 1.28. The Balaban J connectivity index is 2.12. The van der Waals surface area contributed by atoms with Crippen LogP contribution in [-0.4, -0.2) is 35.4 Å². The van der Waals surface area contributed by atoms with Crippen molar-refractivity contribution in [3.05, 3.63) is 10.5 Å². The molecule has 6 nitrogen and oxygen atoms in total. The van der Waals surface area contributed by atoms with Gasteiger partial charge in [0.05, 0.1) is 18.9 Å². The number of nitrogens with one attached hydrogen (secondary N) is 1. The molecule has 0 aromatic heterocycles. The first-order valence-electron chi connectivity index (χ1n) is 8.61. The zero-order valence-corrected chi connectivity index (χ0v) is 16.1. The van der Waals surface area contributed by atoms with Crippen molar-refractivity contribution in [2.24, 2.45) is 17.3 Å². The quantitative estimate of drug-likeness (QED) is 0.724. The number of carbonyl (C=O) groups excluding carboxylic acids is 2. The Kier molecular flexibility index (Phi) is 6.19. The molecule has 3 unspecified atom stereocenters. The van der Waals surface area contributed by atoms with Gasteiger partial charge in [-0.25, -0.2) is 0 Å². The molecule has 1 aliphatic carbocycles. The molecule has 2 rings (SSSR count). The number of carboxylic acid groups (broad SMARTS) is 1. The molecule has 7 heteroatoms. The van der Waals surface area contributed by atoms with Crippen LogP contribution < -0.4 is 5.32 Å². The summed E-state index contributed by atoms with van der Waals surface area (Å²) in [5.74, 6) is -1.63. The fraction of sp³-hybridized carbons (Fsp3) is 0.722. The first kappa shape index (κ1) is 19.8. The van der Waals surface area contributed by atoms with Crippen molar-refractivity contribution in [2.45, 2.75) is 58.2 Å². The van der Waals surface area contributed by atoms with Gasteiger partial charge in [0.25, 0.3) is 0 Å². The molecule has 0 saturated heterocycles. The Morgan fingerprint density at radius 2 is 1.96 bits per heavy atom. The molecule has 2 N–H and O–H groups in total. The predicted molar refractivity (Wildman–Crippen MR) is 95.7 cm³/mol. The van der Waals surface area contributed by atoms with E-state index in [0.717, 1.165) is 24.8 Å². The number of thioether (sulfide) groups is 1. The van der Waals surface area contributed by atoms with E-state index in [0.29, 0.717) is 5.92 Å². The first-order valence-corrected chi connectivity index (χ1v) is 9.49. The number of ether oxygens (including phenoxy) is 1. The Bertz CT molecular complexity index is 593. The summed E-state index contributed by atoms with van der Waals surface area (Å²) in [5, 5.41) is 11.1. The average Bonchev–Trinajstić information content (AvgIpc) is 2.88. The van der Waals surface area contributed by atoms with E-state index in [4.69, 9.17) is 9.84 Å². The second kappa shape index (κ2) is 7.81. The molecular weight excluding hydrogens is 342 g/mol. The number of allylic oxidation sites excluding steroid dienone is 1. The molecule has 0 aromatic carbocycles. The van der Waals surface area contributed by atoms with Crippen molar-refractivity contribution in [1.82, 2.24) is 5.32 Å². The largest absolute Gasteiger partial charge is 0.481 e. The molecular formula is C18H27NO5S. The van der Waals surface area contributed by atoms with Crippen LogP contribution in [0.5, 0.6) is 0 Å². The number of carboxylic acids is 1. The maximum atomic E-state index is 12.3. The molecule has 0 saturated carbocycles. The van der Waals surface area contributed by atoms with E-state index in [2.05, 4.69) is 26.1 Å². The number of amides is 1. The molecule has 0 bridgehead atoms. The van der Waals surface area contributed by atoms with Crippen LogP contribution in [0.2, 0.25) is 0 Å². The number of aliphatic carboxylic acids is 1. The lowest BCUT2D eigenvalue weighted by atomic mass is 9.71.